The molecule has 0 atom stereocenters. The highest BCUT2D eigenvalue weighted by Crippen LogP contribution is 2.31. The summed E-state index contributed by atoms with van der Waals surface area (Å²) in [6, 6.07) is 13.6. The number of aromatic nitrogens is 4. The highest BCUT2D eigenvalue weighted by molar-refractivity contribution is 5.91. The lowest BCUT2D eigenvalue weighted by molar-refractivity contribution is -0.137. The van der Waals surface area contributed by atoms with E-state index in [0.717, 1.165) is 53.9 Å². The summed E-state index contributed by atoms with van der Waals surface area (Å²) in [7, 11) is 0. The summed E-state index contributed by atoms with van der Waals surface area (Å²) in [4.78, 5) is 30.6. The van der Waals surface area contributed by atoms with Crippen molar-refractivity contribution >= 4 is 28.6 Å². The Kier molecular flexibility index (Phi) is 7.29. The summed E-state index contributed by atoms with van der Waals surface area (Å²) in [6.07, 6.45) is -0.482. The summed E-state index contributed by atoms with van der Waals surface area (Å²) in [5.74, 6) is -0.523. The van der Waals surface area contributed by atoms with Crippen LogP contribution < -0.4 is 10.2 Å². The number of pyridine rings is 3. The normalized spacial score (nSPS) is 13.9. The molecule has 0 unspecified atom stereocenters. The van der Waals surface area contributed by atoms with Crippen LogP contribution in [0, 0.1) is 5.82 Å². The lowest BCUT2D eigenvalue weighted by Crippen LogP contribution is -2.36. The van der Waals surface area contributed by atoms with E-state index in [2.05, 4.69) is 30.2 Å². The monoisotopic (exact) mass is 576 g/mol. The van der Waals surface area contributed by atoms with E-state index in [9.17, 15) is 18.0 Å². The lowest BCUT2D eigenvalue weighted by atomic mass is 10.0. The maximum absolute atomic E-state index is 15.1. The Hall–Kier alpha value is -4.84. The van der Waals surface area contributed by atoms with Gasteiger partial charge in [0.2, 0.25) is 5.91 Å². The average molecular weight is 577 g/mol. The van der Waals surface area contributed by atoms with Crippen molar-refractivity contribution in [2.24, 2.45) is 0 Å². The van der Waals surface area contributed by atoms with Gasteiger partial charge < -0.3 is 19.9 Å². The van der Waals surface area contributed by atoms with Gasteiger partial charge in [0.15, 0.2) is 0 Å². The minimum absolute atomic E-state index is 0.235. The number of nitrogens with one attached hydrogen (secondary N) is 2. The molecule has 12 heteroatoms. The van der Waals surface area contributed by atoms with Gasteiger partial charge in [0.25, 0.3) is 0 Å². The number of rotatable bonds is 6. The number of H-pyrrole nitrogens is 1. The second-order valence-electron chi connectivity index (χ2n) is 9.82. The molecule has 1 amide bonds. The molecular formula is C30H24F4N6O2. The first-order chi connectivity index (χ1) is 20.2. The van der Waals surface area contributed by atoms with Crippen LogP contribution in [0.2, 0.25) is 0 Å². The van der Waals surface area contributed by atoms with Crippen molar-refractivity contribution in [1.82, 2.24) is 19.9 Å². The zero-order valence-corrected chi connectivity index (χ0v) is 22.1. The number of morpholine rings is 1. The Morgan fingerprint density at radius 3 is 2.50 bits per heavy atom. The molecule has 6 rings (SSSR count). The van der Waals surface area contributed by atoms with E-state index < -0.39 is 23.5 Å². The van der Waals surface area contributed by atoms with Gasteiger partial charge in [-0.2, -0.15) is 13.2 Å². The maximum atomic E-state index is 15.1. The number of anilines is 2. The number of amides is 1. The van der Waals surface area contributed by atoms with Gasteiger partial charge in [-0.1, -0.05) is 12.1 Å². The topological polar surface area (TPSA) is 96.0 Å². The molecule has 0 aliphatic carbocycles. The summed E-state index contributed by atoms with van der Waals surface area (Å²) in [5.41, 5.74) is 2.63. The van der Waals surface area contributed by atoms with E-state index >= 15 is 4.39 Å². The largest absolute Gasteiger partial charge is 0.416 e. The first kappa shape index (κ1) is 27.3. The molecule has 8 nitrogen and oxygen atoms in total. The van der Waals surface area contributed by atoms with Crippen molar-refractivity contribution in [3.63, 3.8) is 0 Å². The number of hydrogen-bond acceptors (Lipinski definition) is 6. The summed E-state index contributed by atoms with van der Waals surface area (Å²) in [6.45, 7) is 2.96. The molecule has 42 heavy (non-hydrogen) atoms. The first-order valence-electron chi connectivity index (χ1n) is 13.1. The Morgan fingerprint density at radius 1 is 0.952 bits per heavy atom. The molecule has 2 N–H and O–H groups in total. The molecular weight excluding hydrogens is 552 g/mol. The molecule has 5 heterocycles. The van der Waals surface area contributed by atoms with E-state index in [-0.39, 0.29) is 12.2 Å². The van der Waals surface area contributed by atoms with Crippen molar-refractivity contribution in [3.05, 3.63) is 90.1 Å². The van der Waals surface area contributed by atoms with Gasteiger partial charge in [-0.3, -0.25) is 4.79 Å². The minimum atomic E-state index is -4.56. The first-order valence-corrected chi connectivity index (χ1v) is 13.1. The number of carbonyl (C=O) groups excluding carboxylic acids is 1. The molecule has 1 fully saturated rings. The van der Waals surface area contributed by atoms with Crippen LogP contribution >= 0.6 is 0 Å². The van der Waals surface area contributed by atoms with E-state index in [1.54, 1.807) is 24.5 Å². The number of fused-ring (bicyclic) bond motifs is 1. The second kappa shape index (κ2) is 11.2. The molecule has 1 saturated heterocycles. The smallest absolute Gasteiger partial charge is 0.378 e. The van der Waals surface area contributed by atoms with Crippen LogP contribution in [-0.4, -0.2) is 52.1 Å². The quantitative estimate of drug-likeness (QED) is 0.246. The molecule has 1 aromatic carbocycles. The molecule has 1 aliphatic heterocycles. The predicted octanol–water partition coefficient (Wildman–Crippen LogP) is 5.86. The third-order valence-electron chi connectivity index (χ3n) is 6.93. The molecule has 4 aromatic heterocycles. The van der Waals surface area contributed by atoms with E-state index in [1.165, 1.54) is 6.07 Å². The fraction of sp³-hybridized carbons (Fsp3) is 0.200. The van der Waals surface area contributed by atoms with Crippen LogP contribution in [0.15, 0.2) is 73.2 Å². The highest BCUT2D eigenvalue weighted by Gasteiger charge is 2.30. The van der Waals surface area contributed by atoms with Crippen LogP contribution in [0.3, 0.4) is 0 Å². The van der Waals surface area contributed by atoms with Gasteiger partial charge in [-0.15, -0.1) is 0 Å². The fourth-order valence-corrected chi connectivity index (χ4v) is 4.79. The molecule has 0 saturated carbocycles. The van der Waals surface area contributed by atoms with Crippen molar-refractivity contribution in [1.29, 1.82) is 0 Å². The molecule has 0 spiro atoms. The number of benzene rings is 1. The molecule has 5 aromatic rings. The number of hydrogen-bond donors (Lipinski definition) is 2. The van der Waals surface area contributed by atoms with Crippen molar-refractivity contribution in [2.75, 3.05) is 36.5 Å². The number of aromatic amines is 1. The van der Waals surface area contributed by atoms with Gasteiger partial charge in [0.1, 0.15) is 23.1 Å². The number of ether oxygens (including phenoxy) is 1. The number of nitrogens with zero attached hydrogens (tertiary/aromatic N) is 4. The molecule has 214 valence electrons. The maximum Gasteiger partial charge on any atom is 0.416 e. The number of alkyl halides is 3. The van der Waals surface area contributed by atoms with Crippen molar-refractivity contribution < 1.29 is 27.1 Å². The van der Waals surface area contributed by atoms with Crippen molar-refractivity contribution in [3.8, 4) is 22.4 Å². The zero-order valence-electron chi connectivity index (χ0n) is 22.1. The van der Waals surface area contributed by atoms with E-state index in [1.807, 2.05) is 24.3 Å². The Morgan fingerprint density at radius 2 is 1.76 bits per heavy atom. The average Bonchev–Trinajstić information content (AvgIpc) is 3.41. The van der Waals surface area contributed by atoms with Crippen LogP contribution in [0.5, 0.6) is 0 Å². The van der Waals surface area contributed by atoms with Crippen LogP contribution in [0.25, 0.3) is 33.4 Å². The van der Waals surface area contributed by atoms with Gasteiger partial charge >= 0.3 is 6.18 Å². The van der Waals surface area contributed by atoms with Crippen LogP contribution in [-0.2, 0) is 22.1 Å². The Labute approximate surface area is 237 Å². The van der Waals surface area contributed by atoms with Gasteiger partial charge in [0, 0.05) is 59.5 Å². The van der Waals surface area contributed by atoms with Gasteiger partial charge in [-0.25, -0.2) is 19.3 Å². The van der Waals surface area contributed by atoms with Gasteiger partial charge in [-0.05, 0) is 48.0 Å². The summed E-state index contributed by atoms with van der Waals surface area (Å²) >= 11 is 0. The summed E-state index contributed by atoms with van der Waals surface area (Å²) < 4.78 is 59.3. The van der Waals surface area contributed by atoms with E-state index in [4.69, 9.17) is 4.74 Å². The number of carbonyl (C=O) groups is 1. The van der Waals surface area contributed by atoms with Crippen LogP contribution in [0.1, 0.15) is 11.1 Å². The molecule has 1 aliphatic rings. The second-order valence-corrected chi connectivity index (χ2v) is 9.82. The zero-order chi connectivity index (χ0) is 29.3. The Bertz CT molecular complexity index is 1750. The third kappa shape index (κ3) is 5.93. The molecule has 0 bridgehead atoms. The summed E-state index contributed by atoms with van der Waals surface area (Å²) in [5, 5.41) is 3.11. The van der Waals surface area contributed by atoms with Crippen LogP contribution in [0.4, 0.5) is 29.2 Å². The number of halogens is 4. The standard InChI is InChI=1S/C30H24F4N6O2/c31-24-11-18(12-28(41)39-26-15-22(5-6-35-26)30(32,33)34)1-3-23(24)21-13-20-14-25(38-29(20)37-17-21)19-2-4-27(36-16-19)40-7-9-42-10-8-40/h1-6,11,13-17H,7-10,12H2,(H,37,38)(H,35,39,41). The highest BCUT2D eigenvalue weighted by atomic mass is 19.4. The Balaban J connectivity index is 1.15. The predicted molar refractivity (Wildman–Crippen MR) is 149 cm³/mol. The van der Waals surface area contributed by atoms with E-state index in [0.29, 0.717) is 35.6 Å². The SMILES string of the molecule is O=C(Cc1ccc(-c2cnc3[nH]c(-c4ccc(N5CCOCC5)nc4)cc3c2)c(F)c1)Nc1cc(C(F)(F)F)ccn1. The van der Waals surface area contributed by atoms with Gasteiger partial charge in [0.05, 0.1) is 25.2 Å². The fourth-order valence-electron chi connectivity index (χ4n) is 4.79. The minimum Gasteiger partial charge on any atom is -0.378 e. The lowest BCUT2D eigenvalue weighted by Gasteiger charge is -2.27. The molecule has 0 radical (unpaired) electrons. The third-order valence-corrected chi connectivity index (χ3v) is 6.93. The van der Waals surface area contributed by atoms with Crippen molar-refractivity contribution in [2.45, 2.75) is 12.6 Å².